The van der Waals surface area contributed by atoms with E-state index in [-0.39, 0.29) is 17.6 Å². The van der Waals surface area contributed by atoms with E-state index in [0.717, 1.165) is 17.5 Å². The summed E-state index contributed by atoms with van der Waals surface area (Å²) in [6.07, 6.45) is 1.40. The monoisotopic (exact) mass is 426 g/mol. The van der Waals surface area contributed by atoms with Gasteiger partial charge in [-0.05, 0) is 47.2 Å². The summed E-state index contributed by atoms with van der Waals surface area (Å²) in [6.45, 7) is 1.53. The summed E-state index contributed by atoms with van der Waals surface area (Å²) in [5.41, 5.74) is 4.85. The van der Waals surface area contributed by atoms with Crippen LogP contribution in [0.2, 0.25) is 0 Å². The number of halogens is 1. The highest BCUT2D eigenvalue weighted by Gasteiger charge is 2.41. The molecule has 0 aromatic heterocycles. The first-order valence-corrected chi connectivity index (χ1v) is 10.8. The van der Waals surface area contributed by atoms with Gasteiger partial charge in [-0.25, -0.2) is 4.39 Å². The Balaban J connectivity index is 1.50. The standard InChI is InChI=1S/C27H23FN2O2/c28-23-12-10-21(11-13-23)24-25(29-16-15-20-8-4-5-9-22(20)18-29)27(32)30(26(24)31)17-14-19-6-2-1-3-7-19/h1-13H,14-18H2. The Morgan fingerprint density at radius 3 is 2.22 bits per heavy atom. The summed E-state index contributed by atoms with van der Waals surface area (Å²) in [5, 5.41) is 0. The Labute approximate surface area is 186 Å². The minimum Gasteiger partial charge on any atom is -0.362 e. The largest absolute Gasteiger partial charge is 0.362 e. The van der Waals surface area contributed by atoms with Crippen LogP contribution in [0.1, 0.15) is 22.3 Å². The lowest BCUT2D eigenvalue weighted by molar-refractivity contribution is -0.137. The van der Waals surface area contributed by atoms with Crippen LogP contribution in [0.5, 0.6) is 0 Å². The molecule has 0 saturated carbocycles. The third-order valence-electron chi connectivity index (χ3n) is 6.19. The lowest BCUT2D eigenvalue weighted by Gasteiger charge is -2.31. The number of carbonyl (C=O) groups is 2. The summed E-state index contributed by atoms with van der Waals surface area (Å²) in [6, 6.07) is 23.8. The molecule has 0 unspecified atom stereocenters. The fraction of sp³-hybridized carbons (Fsp3) is 0.185. The predicted octanol–water partition coefficient (Wildman–Crippen LogP) is 4.21. The lowest BCUT2D eigenvalue weighted by Crippen LogP contribution is -2.38. The molecule has 3 aromatic carbocycles. The Kier molecular flexibility index (Phi) is 5.31. The average Bonchev–Trinajstić information content (AvgIpc) is 3.08. The Bertz CT molecular complexity index is 1200. The lowest BCUT2D eigenvalue weighted by atomic mass is 9.98. The highest BCUT2D eigenvalue weighted by Crippen LogP contribution is 2.34. The summed E-state index contributed by atoms with van der Waals surface area (Å²) >= 11 is 0. The maximum atomic E-state index is 13.6. The molecule has 0 spiro atoms. The fourth-order valence-electron chi connectivity index (χ4n) is 4.51. The van der Waals surface area contributed by atoms with Crippen LogP contribution in [-0.4, -0.2) is 34.7 Å². The smallest absolute Gasteiger partial charge is 0.277 e. The second-order valence-electron chi connectivity index (χ2n) is 8.17. The summed E-state index contributed by atoms with van der Waals surface area (Å²) in [5.74, 6) is -0.962. The van der Waals surface area contributed by atoms with E-state index in [4.69, 9.17) is 0 Å². The number of imide groups is 1. The van der Waals surface area contributed by atoms with Gasteiger partial charge in [0.25, 0.3) is 11.8 Å². The number of fused-ring (bicyclic) bond motifs is 1. The van der Waals surface area contributed by atoms with E-state index in [0.29, 0.717) is 42.9 Å². The molecule has 32 heavy (non-hydrogen) atoms. The summed E-state index contributed by atoms with van der Waals surface area (Å²) in [4.78, 5) is 30.3. The first-order valence-electron chi connectivity index (χ1n) is 10.8. The molecular formula is C27H23FN2O2. The van der Waals surface area contributed by atoms with E-state index in [1.54, 1.807) is 12.1 Å². The molecule has 3 aromatic rings. The van der Waals surface area contributed by atoms with E-state index in [9.17, 15) is 14.0 Å². The van der Waals surface area contributed by atoms with Crippen molar-refractivity contribution in [1.82, 2.24) is 9.80 Å². The zero-order valence-electron chi connectivity index (χ0n) is 17.6. The first-order chi connectivity index (χ1) is 15.6. The third kappa shape index (κ3) is 3.71. The number of nitrogens with zero attached hydrogens (tertiary/aromatic N) is 2. The van der Waals surface area contributed by atoms with Crippen molar-refractivity contribution in [2.75, 3.05) is 13.1 Å². The maximum Gasteiger partial charge on any atom is 0.277 e. The number of amides is 2. The van der Waals surface area contributed by atoms with Crippen molar-refractivity contribution in [3.05, 3.63) is 113 Å². The van der Waals surface area contributed by atoms with E-state index >= 15 is 0 Å². The molecule has 5 rings (SSSR count). The number of hydrogen-bond acceptors (Lipinski definition) is 3. The summed E-state index contributed by atoms with van der Waals surface area (Å²) in [7, 11) is 0. The van der Waals surface area contributed by atoms with Gasteiger partial charge < -0.3 is 4.90 Å². The minimum atomic E-state index is -0.375. The summed E-state index contributed by atoms with van der Waals surface area (Å²) < 4.78 is 13.6. The van der Waals surface area contributed by atoms with Crippen molar-refractivity contribution in [1.29, 1.82) is 0 Å². The molecule has 2 aliphatic heterocycles. The van der Waals surface area contributed by atoms with Gasteiger partial charge in [-0.15, -0.1) is 0 Å². The van der Waals surface area contributed by atoms with Gasteiger partial charge in [-0.3, -0.25) is 14.5 Å². The fourth-order valence-corrected chi connectivity index (χ4v) is 4.51. The van der Waals surface area contributed by atoms with Gasteiger partial charge in [0.15, 0.2) is 0 Å². The number of hydrogen-bond donors (Lipinski definition) is 0. The van der Waals surface area contributed by atoms with Crippen LogP contribution in [0.15, 0.2) is 84.6 Å². The molecule has 0 bridgehead atoms. The van der Waals surface area contributed by atoms with Crippen LogP contribution in [0.25, 0.3) is 5.57 Å². The van der Waals surface area contributed by atoms with Crippen LogP contribution in [0.3, 0.4) is 0 Å². The van der Waals surface area contributed by atoms with Gasteiger partial charge >= 0.3 is 0 Å². The van der Waals surface area contributed by atoms with Crippen molar-refractivity contribution in [3.63, 3.8) is 0 Å². The van der Waals surface area contributed by atoms with Crippen molar-refractivity contribution in [2.24, 2.45) is 0 Å². The first kappa shape index (κ1) is 20.2. The Morgan fingerprint density at radius 2 is 1.47 bits per heavy atom. The van der Waals surface area contributed by atoms with Gasteiger partial charge in [0.05, 0.1) is 5.57 Å². The van der Waals surface area contributed by atoms with Crippen LogP contribution in [0.4, 0.5) is 4.39 Å². The predicted molar refractivity (Wildman–Crippen MR) is 121 cm³/mol. The number of benzene rings is 3. The zero-order chi connectivity index (χ0) is 22.1. The van der Waals surface area contributed by atoms with Crippen LogP contribution >= 0.6 is 0 Å². The minimum absolute atomic E-state index is 0.273. The number of rotatable bonds is 5. The van der Waals surface area contributed by atoms with Crippen LogP contribution in [-0.2, 0) is 29.0 Å². The average molecular weight is 426 g/mol. The van der Waals surface area contributed by atoms with Gasteiger partial charge in [0.1, 0.15) is 11.5 Å². The molecule has 2 aliphatic rings. The molecule has 2 heterocycles. The molecular weight excluding hydrogens is 403 g/mol. The Hall–Kier alpha value is -3.73. The molecule has 0 saturated heterocycles. The van der Waals surface area contributed by atoms with Crippen molar-refractivity contribution < 1.29 is 14.0 Å². The van der Waals surface area contributed by atoms with E-state index in [1.807, 2.05) is 47.4 Å². The van der Waals surface area contributed by atoms with Gasteiger partial charge in [-0.1, -0.05) is 66.7 Å². The van der Waals surface area contributed by atoms with Gasteiger partial charge in [0.2, 0.25) is 0 Å². The van der Waals surface area contributed by atoms with Crippen LogP contribution < -0.4 is 0 Å². The highest BCUT2D eigenvalue weighted by atomic mass is 19.1. The second kappa shape index (κ2) is 8.42. The molecule has 0 N–H and O–H groups in total. The van der Waals surface area contributed by atoms with Crippen molar-refractivity contribution in [3.8, 4) is 0 Å². The van der Waals surface area contributed by atoms with Crippen molar-refractivity contribution in [2.45, 2.75) is 19.4 Å². The normalized spacial score (nSPS) is 16.0. The third-order valence-corrected chi connectivity index (χ3v) is 6.19. The zero-order valence-corrected chi connectivity index (χ0v) is 17.6. The molecule has 0 aliphatic carbocycles. The molecule has 160 valence electrons. The van der Waals surface area contributed by atoms with Gasteiger partial charge in [-0.2, -0.15) is 0 Å². The van der Waals surface area contributed by atoms with E-state index in [2.05, 4.69) is 12.1 Å². The van der Waals surface area contributed by atoms with E-state index < -0.39 is 0 Å². The topological polar surface area (TPSA) is 40.6 Å². The number of carbonyl (C=O) groups excluding carboxylic acids is 2. The highest BCUT2D eigenvalue weighted by molar-refractivity contribution is 6.35. The van der Waals surface area contributed by atoms with E-state index in [1.165, 1.54) is 22.6 Å². The van der Waals surface area contributed by atoms with Crippen molar-refractivity contribution >= 4 is 17.4 Å². The Morgan fingerprint density at radius 1 is 0.781 bits per heavy atom. The molecule has 0 fully saturated rings. The second-order valence-corrected chi connectivity index (χ2v) is 8.17. The maximum absolute atomic E-state index is 13.6. The molecule has 4 nitrogen and oxygen atoms in total. The quantitative estimate of drug-likeness (QED) is 0.574. The molecule has 5 heteroatoms. The SMILES string of the molecule is O=C1C(c2ccc(F)cc2)=C(N2CCc3ccccc3C2)C(=O)N1CCc1ccccc1. The molecule has 0 atom stereocenters. The van der Waals surface area contributed by atoms with Crippen LogP contribution in [0, 0.1) is 5.82 Å². The molecule has 2 amide bonds. The molecule has 0 radical (unpaired) electrons. The van der Waals surface area contributed by atoms with Gasteiger partial charge in [0, 0.05) is 19.6 Å².